The summed E-state index contributed by atoms with van der Waals surface area (Å²) in [7, 11) is 1.57. The first-order valence-corrected chi connectivity index (χ1v) is 5.51. The third-order valence-corrected chi connectivity index (χ3v) is 3.15. The molecule has 0 heterocycles. The Bertz CT molecular complexity index is 163. The van der Waals surface area contributed by atoms with Crippen molar-refractivity contribution in [2.45, 2.75) is 45.4 Å². The molecule has 0 spiro atoms. The third kappa shape index (κ3) is 3.95. The minimum Gasteiger partial charge on any atom is -0.341 e. The van der Waals surface area contributed by atoms with Crippen molar-refractivity contribution in [3.63, 3.8) is 0 Å². The molecule has 0 radical (unpaired) electrons. The summed E-state index contributed by atoms with van der Waals surface area (Å²) in [6.45, 7) is 4.80. The highest BCUT2D eigenvalue weighted by Crippen LogP contribution is 2.28. The van der Waals surface area contributed by atoms with Crippen molar-refractivity contribution in [2.75, 3.05) is 13.7 Å². The van der Waals surface area contributed by atoms with Crippen LogP contribution in [-0.2, 0) is 9.47 Å². The molecule has 1 rings (SSSR count). The van der Waals surface area contributed by atoms with Crippen LogP contribution in [0.2, 0.25) is 0 Å². The zero-order valence-corrected chi connectivity index (χ0v) is 9.58. The Labute approximate surface area is 86.9 Å². The first-order chi connectivity index (χ1) is 6.53. The molecule has 84 valence electrons. The highest BCUT2D eigenvalue weighted by atomic mass is 16.7. The lowest BCUT2D eigenvalue weighted by atomic mass is 9.83. The Morgan fingerprint density at radius 2 is 1.86 bits per heavy atom. The van der Waals surface area contributed by atoms with Gasteiger partial charge in [0.05, 0.1) is 6.61 Å². The molecule has 3 heteroatoms. The Morgan fingerprint density at radius 1 is 1.29 bits per heavy atom. The quantitative estimate of drug-likeness (QED) is 0.708. The average molecular weight is 201 g/mol. The van der Waals surface area contributed by atoms with Gasteiger partial charge in [-0.2, -0.15) is 0 Å². The standard InChI is InChI=1S/C11H23NO2/c1-9-4-6-10(7-5-9)8-14-11(2,12)13-3/h9-10H,4-8,12H2,1-3H3. The predicted octanol–water partition coefficient (Wildman–Crippen LogP) is 2.11. The highest BCUT2D eigenvalue weighted by molar-refractivity contribution is 4.70. The predicted molar refractivity (Wildman–Crippen MR) is 56.7 cm³/mol. The zero-order chi connectivity index (χ0) is 10.6. The van der Waals surface area contributed by atoms with Gasteiger partial charge in [-0.05, 0) is 24.7 Å². The zero-order valence-electron chi connectivity index (χ0n) is 9.58. The number of methoxy groups -OCH3 is 1. The molecule has 0 aromatic heterocycles. The van der Waals surface area contributed by atoms with Gasteiger partial charge in [-0.3, -0.25) is 5.73 Å². The summed E-state index contributed by atoms with van der Waals surface area (Å²) in [6, 6.07) is 0. The van der Waals surface area contributed by atoms with Gasteiger partial charge in [-0.1, -0.05) is 19.8 Å². The van der Waals surface area contributed by atoms with Gasteiger partial charge in [-0.25, -0.2) is 0 Å². The molecule has 1 fully saturated rings. The molecule has 14 heavy (non-hydrogen) atoms. The molecule has 1 aliphatic rings. The summed E-state index contributed by atoms with van der Waals surface area (Å²) in [4.78, 5) is 0. The van der Waals surface area contributed by atoms with Crippen molar-refractivity contribution in [3.8, 4) is 0 Å². The molecule has 3 nitrogen and oxygen atoms in total. The highest BCUT2D eigenvalue weighted by Gasteiger charge is 2.23. The number of hydrogen-bond acceptors (Lipinski definition) is 3. The maximum absolute atomic E-state index is 5.72. The van der Waals surface area contributed by atoms with Crippen LogP contribution in [0.1, 0.15) is 39.5 Å². The van der Waals surface area contributed by atoms with Crippen molar-refractivity contribution in [2.24, 2.45) is 17.6 Å². The second-order valence-electron chi connectivity index (χ2n) is 4.66. The molecular formula is C11H23NO2. The van der Waals surface area contributed by atoms with Gasteiger partial charge in [0.1, 0.15) is 0 Å². The Balaban J connectivity index is 2.19. The van der Waals surface area contributed by atoms with E-state index in [2.05, 4.69) is 6.92 Å². The van der Waals surface area contributed by atoms with Crippen molar-refractivity contribution in [1.29, 1.82) is 0 Å². The van der Waals surface area contributed by atoms with E-state index in [-0.39, 0.29) is 0 Å². The van der Waals surface area contributed by atoms with Gasteiger partial charge in [0, 0.05) is 14.0 Å². The molecule has 1 atom stereocenters. The molecule has 1 unspecified atom stereocenters. The fourth-order valence-corrected chi connectivity index (χ4v) is 1.84. The second-order valence-corrected chi connectivity index (χ2v) is 4.66. The molecule has 2 N–H and O–H groups in total. The first-order valence-electron chi connectivity index (χ1n) is 5.51. The Hall–Kier alpha value is -0.120. The van der Waals surface area contributed by atoms with E-state index in [1.54, 1.807) is 14.0 Å². The fourth-order valence-electron chi connectivity index (χ4n) is 1.84. The lowest BCUT2D eigenvalue weighted by Crippen LogP contribution is -2.42. The van der Waals surface area contributed by atoms with Crippen LogP contribution in [0.25, 0.3) is 0 Å². The van der Waals surface area contributed by atoms with Gasteiger partial charge in [0.15, 0.2) is 0 Å². The Morgan fingerprint density at radius 3 is 2.36 bits per heavy atom. The maximum Gasteiger partial charge on any atom is 0.221 e. The largest absolute Gasteiger partial charge is 0.341 e. The topological polar surface area (TPSA) is 44.5 Å². The summed E-state index contributed by atoms with van der Waals surface area (Å²) in [5.41, 5.74) is 5.72. The first kappa shape index (κ1) is 12.0. The van der Waals surface area contributed by atoms with E-state index in [0.29, 0.717) is 5.92 Å². The molecule has 0 aliphatic heterocycles. The van der Waals surface area contributed by atoms with Crippen LogP contribution in [0, 0.1) is 11.8 Å². The second kappa shape index (κ2) is 5.10. The van der Waals surface area contributed by atoms with Gasteiger partial charge >= 0.3 is 0 Å². The minimum atomic E-state index is -0.914. The van der Waals surface area contributed by atoms with Crippen LogP contribution in [0.15, 0.2) is 0 Å². The molecule has 0 amide bonds. The van der Waals surface area contributed by atoms with Crippen molar-refractivity contribution >= 4 is 0 Å². The number of hydrogen-bond donors (Lipinski definition) is 1. The fraction of sp³-hybridized carbons (Fsp3) is 1.00. The molecule has 1 aliphatic carbocycles. The van der Waals surface area contributed by atoms with Gasteiger partial charge in [-0.15, -0.1) is 0 Å². The van der Waals surface area contributed by atoms with Crippen LogP contribution < -0.4 is 5.73 Å². The van der Waals surface area contributed by atoms with Crippen molar-refractivity contribution < 1.29 is 9.47 Å². The van der Waals surface area contributed by atoms with Gasteiger partial charge in [0.2, 0.25) is 5.91 Å². The van der Waals surface area contributed by atoms with Crippen LogP contribution >= 0.6 is 0 Å². The lowest BCUT2D eigenvalue weighted by molar-refractivity contribution is -0.213. The van der Waals surface area contributed by atoms with E-state index in [4.69, 9.17) is 15.2 Å². The van der Waals surface area contributed by atoms with Crippen LogP contribution in [0.4, 0.5) is 0 Å². The van der Waals surface area contributed by atoms with Crippen LogP contribution in [0.5, 0.6) is 0 Å². The summed E-state index contributed by atoms with van der Waals surface area (Å²) in [5, 5.41) is 0. The molecule has 1 saturated carbocycles. The third-order valence-electron chi connectivity index (χ3n) is 3.15. The smallest absolute Gasteiger partial charge is 0.221 e. The average Bonchev–Trinajstić information content (AvgIpc) is 2.17. The molecule has 0 aromatic rings. The van der Waals surface area contributed by atoms with E-state index >= 15 is 0 Å². The monoisotopic (exact) mass is 201 g/mol. The van der Waals surface area contributed by atoms with E-state index < -0.39 is 5.91 Å². The summed E-state index contributed by atoms with van der Waals surface area (Å²) in [6.07, 6.45) is 5.17. The van der Waals surface area contributed by atoms with E-state index in [0.717, 1.165) is 12.5 Å². The van der Waals surface area contributed by atoms with Crippen LogP contribution in [-0.4, -0.2) is 19.6 Å². The maximum atomic E-state index is 5.72. The van der Waals surface area contributed by atoms with Gasteiger partial charge < -0.3 is 9.47 Å². The SMILES string of the molecule is COC(C)(N)OCC1CCC(C)CC1. The van der Waals surface area contributed by atoms with Crippen LogP contribution in [0.3, 0.4) is 0 Å². The minimum absolute atomic E-state index is 0.671. The molecular weight excluding hydrogens is 178 g/mol. The molecule has 0 bridgehead atoms. The molecule has 0 aromatic carbocycles. The lowest BCUT2D eigenvalue weighted by Gasteiger charge is -2.30. The molecule has 0 saturated heterocycles. The summed E-state index contributed by atoms with van der Waals surface area (Å²) in [5.74, 6) is 0.644. The van der Waals surface area contributed by atoms with Crippen molar-refractivity contribution in [3.05, 3.63) is 0 Å². The van der Waals surface area contributed by atoms with E-state index in [1.165, 1.54) is 25.7 Å². The van der Waals surface area contributed by atoms with E-state index in [9.17, 15) is 0 Å². The normalized spacial score (nSPS) is 32.6. The van der Waals surface area contributed by atoms with Crippen molar-refractivity contribution in [1.82, 2.24) is 0 Å². The summed E-state index contributed by atoms with van der Waals surface area (Å²) < 4.78 is 10.5. The summed E-state index contributed by atoms with van der Waals surface area (Å²) >= 11 is 0. The number of ether oxygens (including phenoxy) is 2. The number of rotatable bonds is 4. The Kier molecular flexibility index (Phi) is 4.35. The number of nitrogens with two attached hydrogens (primary N) is 1. The van der Waals surface area contributed by atoms with E-state index in [1.807, 2.05) is 0 Å². The van der Waals surface area contributed by atoms with Gasteiger partial charge in [0.25, 0.3) is 0 Å².